The smallest absolute Gasteiger partial charge is 0.269 e. The average molecular weight is 568 g/mol. The van der Waals surface area contributed by atoms with Crippen LogP contribution >= 0.6 is 11.6 Å². The van der Waals surface area contributed by atoms with Crippen molar-refractivity contribution in [3.05, 3.63) is 59.1 Å². The van der Waals surface area contributed by atoms with Gasteiger partial charge in [0.15, 0.2) is 5.75 Å². The zero-order chi connectivity index (χ0) is 28.5. The molecule has 1 unspecified atom stereocenters. The van der Waals surface area contributed by atoms with E-state index >= 15 is 0 Å². The summed E-state index contributed by atoms with van der Waals surface area (Å²) in [7, 11) is 1.55. The summed E-state index contributed by atoms with van der Waals surface area (Å²) in [5.74, 6) is -1.41. The van der Waals surface area contributed by atoms with Crippen LogP contribution in [0.15, 0.2) is 53.7 Å². The molecule has 13 heteroatoms. The van der Waals surface area contributed by atoms with Crippen molar-refractivity contribution in [2.75, 3.05) is 19.0 Å². The van der Waals surface area contributed by atoms with Crippen LogP contribution in [-0.2, 0) is 20.8 Å². The normalized spacial score (nSPS) is 17.3. The van der Waals surface area contributed by atoms with Crippen molar-refractivity contribution in [3.8, 4) is 11.5 Å². The Balaban J connectivity index is 1.56. The number of carbonyl (C=O) groups is 3. The number of halogens is 1. The van der Waals surface area contributed by atoms with Crippen LogP contribution in [0.2, 0.25) is 5.02 Å². The summed E-state index contributed by atoms with van der Waals surface area (Å²) in [5.41, 5.74) is 1.29. The Hall–Kier alpha value is -4.32. The summed E-state index contributed by atoms with van der Waals surface area (Å²) in [5, 5.41) is 20.4. The average Bonchev–Trinajstić information content (AvgIpc) is 3.42. The van der Waals surface area contributed by atoms with Crippen LogP contribution in [0, 0.1) is 11.8 Å². The number of likely N-dealkylation sites (tertiary alicyclic amines) is 1. The number of nitrogens with one attached hydrogen (secondary N) is 2. The Kier molecular flexibility index (Phi) is 9.79. The minimum Gasteiger partial charge on any atom is -0.496 e. The predicted octanol–water partition coefficient (Wildman–Crippen LogP) is 3.66. The number of imide groups is 1. The van der Waals surface area contributed by atoms with E-state index in [9.17, 15) is 14.4 Å². The van der Waals surface area contributed by atoms with Crippen LogP contribution in [0.3, 0.4) is 0 Å². The van der Waals surface area contributed by atoms with Gasteiger partial charge in [-0.25, -0.2) is 0 Å². The summed E-state index contributed by atoms with van der Waals surface area (Å²) in [6, 6.07) is 14.2. The molecule has 1 fully saturated rings. The van der Waals surface area contributed by atoms with Gasteiger partial charge in [-0.3, -0.25) is 24.6 Å². The first-order chi connectivity index (χ1) is 19.4. The van der Waals surface area contributed by atoms with Gasteiger partial charge in [0.1, 0.15) is 5.75 Å². The highest BCUT2D eigenvalue weighted by Gasteiger charge is 2.35. The van der Waals surface area contributed by atoms with Gasteiger partial charge in [-0.1, -0.05) is 47.0 Å². The summed E-state index contributed by atoms with van der Waals surface area (Å²) in [4.78, 5) is 46.9. The van der Waals surface area contributed by atoms with E-state index in [4.69, 9.17) is 21.2 Å². The number of anilines is 1. The van der Waals surface area contributed by atoms with Crippen LogP contribution in [0.4, 0.5) is 5.95 Å². The molecule has 210 valence electrons. The molecule has 12 nitrogen and oxygen atoms in total. The molecule has 1 aliphatic rings. The zero-order valence-corrected chi connectivity index (χ0v) is 22.9. The Bertz CT molecular complexity index is 1350. The van der Waals surface area contributed by atoms with Crippen LogP contribution in [0.1, 0.15) is 38.2 Å². The minimum atomic E-state index is -0.713. The molecule has 2 heterocycles. The van der Waals surface area contributed by atoms with Gasteiger partial charge in [-0.15, -0.1) is 5.10 Å². The van der Waals surface area contributed by atoms with Gasteiger partial charge >= 0.3 is 0 Å². The van der Waals surface area contributed by atoms with E-state index in [2.05, 4.69) is 31.1 Å². The molecule has 2 N–H and O–H groups in total. The topological polar surface area (TPSA) is 152 Å². The van der Waals surface area contributed by atoms with E-state index in [1.807, 2.05) is 18.2 Å². The first-order valence-corrected chi connectivity index (χ1v) is 13.2. The maximum atomic E-state index is 13.8. The summed E-state index contributed by atoms with van der Waals surface area (Å²) < 4.78 is 5.47. The Morgan fingerprint density at radius 1 is 1.25 bits per heavy atom. The molecular formula is C27H30ClN7O5. The lowest BCUT2D eigenvalue weighted by Gasteiger charge is -2.24. The number of benzene rings is 2. The molecule has 0 bridgehead atoms. The zero-order valence-electron chi connectivity index (χ0n) is 22.2. The quantitative estimate of drug-likeness (QED) is 0.352. The summed E-state index contributed by atoms with van der Waals surface area (Å²) in [6.45, 7) is 1.74. The molecule has 3 amide bonds. The highest BCUT2D eigenvalue weighted by molar-refractivity contribution is 6.30. The number of carbonyl (C=O) groups excluding carboxylic acids is 3. The molecule has 0 spiro atoms. The van der Waals surface area contributed by atoms with E-state index in [0.717, 1.165) is 5.56 Å². The number of oxime groups is 1. The maximum absolute atomic E-state index is 13.8. The third-order valence-electron chi connectivity index (χ3n) is 6.64. The van der Waals surface area contributed by atoms with Crippen LogP contribution in [0.25, 0.3) is 0 Å². The van der Waals surface area contributed by atoms with Gasteiger partial charge in [-0.2, -0.15) is 5.21 Å². The fraction of sp³-hybridized carbons (Fsp3) is 0.370. The third-order valence-corrected chi connectivity index (χ3v) is 6.87. The highest BCUT2D eigenvalue weighted by atomic mass is 35.5. The second kappa shape index (κ2) is 13.7. The maximum Gasteiger partial charge on any atom is 0.269 e. The van der Waals surface area contributed by atoms with E-state index < -0.39 is 23.7 Å². The minimum absolute atomic E-state index is 0.00441. The van der Waals surface area contributed by atoms with Gasteiger partial charge in [0, 0.05) is 23.3 Å². The molecule has 1 aromatic heterocycles. The number of amides is 3. The predicted molar refractivity (Wildman–Crippen MR) is 147 cm³/mol. The number of methoxy groups -OCH3 is 1. The van der Waals surface area contributed by atoms with Gasteiger partial charge in [0.2, 0.25) is 17.7 Å². The fourth-order valence-electron chi connectivity index (χ4n) is 4.44. The number of hydrogen-bond acceptors (Lipinski definition) is 9. The Morgan fingerprint density at radius 3 is 2.75 bits per heavy atom. The molecule has 2 atom stereocenters. The molecule has 3 aromatic rings. The fourth-order valence-corrected chi connectivity index (χ4v) is 4.64. The van der Waals surface area contributed by atoms with E-state index in [1.165, 1.54) is 4.90 Å². The van der Waals surface area contributed by atoms with Crippen LogP contribution in [0.5, 0.6) is 11.5 Å². The summed E-state index contributed by atoms with van der Waals surface area (Å²) in [6.07, 6.45) is 1.36. The molecule has 4 rings (SSSR count). The van der Waals surface area contributed by atoms with Crippen molar-refractivity contribution in [3.63, 3.8) is 0 Å². The number of H-pyrrole nitrogens is 1. The van der Waals surface area contributed by atoms with E-state index in [1.54, 1.807) is 44.4 Å². The molecular weight excluding hydrogens is 538 g/mol. The van der Waals surface area contributed by atoms with Gasteiger partial charge in [-0.05, 0) is 66.8 Å². The van der Waals surface area contributed by atoms with Gasteiger partial charge in [0.05, 0.1) is 19.4 Å². The number of aromatic amines is 1. The third kappa shape index (κ3) is 7.41. The van der Waals surface area contributed by atoms with Crippen molar-refractivity contribution in [2.45, 2.75) is 39.0 Å². The van der Waals surface area contributed by atoms with Gasteiger partial charge in [0.25, 0.3) is 5.95 Å². The molecule has 0 saturated carbocycles. The SMILES string of the molecule is CC[C@@H](CC(=O)N1C/C(=N/Oc2ccccc2)CCC(Cc2cc(Cl)ccc2OC)C1=O)C(=O)Nc1nn[nH]n1. The largest absolute Gasteiger partial charge is 0.496 e. The second-order valence-corrected chi connectivity index (χ2v) is 9.75. The number of para-hydroxylation sites is 1. The molecule has 2 aromatic carbocycles. The van der Waals surface area contributed by atoms with E-state index in [0.29, 0.717) is 47.9 Å². The standard InChI is InChI=1S/C27H30ClN7O5/c1-3-17(25(37)29-27-30-33-34-31-27)15-24(36)35-16-21(32-40-22-7-5-4-6-8-22)11-9-18(26(35)38)13-19-14-20(28)10-12-23(19)39-2/h4-8,10,12,14,17-18H,3,9,11,13,15-16H2,1-2H3,(H2,29,30,31,33,34,37)/b32-21+/t17-,18?/m0/s1. The lowest BCUT2D eigenvalue weighted by Crippen LogP contribution is -2.43. The number of aromatic nitrogens is 4. The Morgan fingerprint density at radius 2 is 2.05 bits per heavy atom. The first kappa shape index (κ1) is 28.7. The number of ether oxygens (including phenoxy) is 1. The van der Waals surface area contributed by atoms with Crippen molar-refractivity contribution >= 4 is 41.0 Å². The van der Waals surface area contributed by atoms with Crippen molar-refractivity contribution in [1.29, 1.82) is 0 Å². The highest BCUT2D eigenvalue weighted by Crippen LogP contribution is 2.29. The second-order valence-electron chi connectivity index (χ2n) is 9.31. The first-order valence-electron chi connectivity index (χ1n) is 12.9. The monoisotopic (exact) mass is 567 g/mol. The molecule has 1 aliphatic heterocycles. The molecule has 40 heavy (non-hydrogen) atoms. The van der Waals surface area contributed by atoms with Crippen molar-refractivity contribution in [2.24, 2.45) is 17.0 Å². The van der Waals surface area contributed by atoms with E-state index in [-0.39, 0.29) is 24.8 Å². The number of rotatable bonds is 10. The number of hydrogen-bond donors (Lipinski definition) is 2. The Labute approximate surface area is 236 Å². The van der Waals surface area contributed by atoms with Crippen molar-refractivity contribution in [1.82, 2.24) is 25.5 Å². The lowest BCUT2D eigenvalue weighted by molar-refractivity contribution is -0.147. The number of nitrogens with zero attached hydrogens (tertiary/aromatic N) is 5. The van der Waals surface area contributed by atoms with Crippen LogP contribution < -0.4 is 14.9 Å². The molecule has 0 aliphatic carbocycles. The summed E-state index contributed by atoms with van der Waals surface area (Å²) >= 11 is 6.22. The van der Waals surface area contributed by atoms with Crippen molar-refractivity contribution < 1.29 is 24.0 Å². The lowest BCUT2D eigenvalue weighted by atomic mass is 9.93. The number of tetrazole rings is 1. The van der Waals surface area contributed by atoms with Crippen LogP contribution in [-0.4, -0.2) is 62.6 Å². The molecule has 1 saturated heterocycles. The van der Waals surface area contributed by atoms with Gasteiger partial charge < -0.3 is 9.57 Å². The molecule has 0 radical (unpaired) electrons.